The number of phenols is 1. The number of aromatic hydroxyl groups is 1. The van der Waals surface area contributed by atoms with Crippen LogP contribution in [0.25, 0.3) is 0 Å². The minimum atomic E-state index is -1.25. The van der Waals surface area contributed by atoms with E-state index < -0.39 is 11.7 Å². The van der Waals surface area contributed by atoms with Gasteiger partial charge in [0, 0.05) is 23.3 Å². The Bertz CT molecular complexity index is 727. The number of aliphatic hydroxyl groups is 1. The molecule has 0 aliphatic carbocycles. The highest BCUT2D eigenvalue weighted by atomic mass is 16.5. The summed E-state index contributed by atoms with van der Waals surface area (Å²) < 4.78 is 16.7. The molecule has 2 atom stereocenters. The average Bonchev–Trinajstić information content (AvgIpc) is 2.79. The molecule has 4 rings (SSSR count). The summed E-state index contributed by atoms with van der Waals surface area (Å²) in [6.07, 6.45) is -0.552. The minimum Gasteiger partial charge on any atom is -0.508 e. The van der Waals surface area contributed by atoms with E-state index >= 15 is 0 Å². The Morgan fingerprint density at radius 2 is 2.05 bits per heavy atom. The molecule has 0 spiro atoms. The maximum Gasteiger partial charge on any atom is 0.168 e. The van der Waals surface area contributed by atoms with Crippen LogP contribution in [0.15, 0.2) is 36.4 Å². The van der Waals surface area contributed by atoms with Crippen LogP contribution in [0.4, 0.5) is 0 Å². The smallest absolute Gasteiger partial charge is 0.168 e. The third-order valence-electron chi connectivity index (χ3n) is 4.06. The van der Waals surface area contributed by atoms with Gasteiger partial charge >= 0.3 is 0 Å². The lowest BCUT2D eigenvalue weighted by atomic mass is 9.85. The van der Waals surface area contributed by atoms with Crippen molar-refractivity contribution in [3.05, 3.63) is 47.5 Å². The van der Waals surface area contributed by atoms with E-state index in [0.717, 1.165) is 5.56 Å². The minimum absolute atomic E-state index is 0.0929. The summed E-state index contributed by atoms with van der Waals surface area (Å²) in [5, 5.41) is 20.5. The van der Waals surface area contributed by atoms with Gasteiger partial charge in [0.15, 0.2) is 11.7 Å². The molecule has 2 heterocycles. The lowest BCUT2D eigenvalue weighted by Crippen LogP contribution is -2.41. The number of rotatable bonds is 1. The van der Waals surface area contributed by atoms with Crippen molar-refractivity contribution in [2.45, 2.75) is 11.7 Å². The predicted octanol–water partition coefficient (Wildman–Crippen LogP) is 2.11. The molecule has 0 aromatic heterocycles. The zero-order valence-corrected chi connectivity index (χ0v) is 11.4. The van der Waals surface area contributed by atoms with E-state index in [2.05, 4.69) is 0 Å². The van der Waals surface area contributed by atoms with Gasteiger partial charge in [-0.25, -0.2) is 0 Å². The summed E-state index contributed by atoms with van der Waals surface area (Å²) in [5.74, 6) is 1.91. The van der Waals surface area contributed by atoms with Crippen molar-refractivity contribution in [1.82, 2.24) is 0 Å². The van der Waals surface area contributed by atoms with E-state index in [0.29, 0.717) is 22.8 Å². The summed E-state index contributed by atoms with van der Waals surface area (Å²) >= 11 is 0. The van der Waals surface area contributed by atoms with Gasteiger partial charge in [-0.3, -0.25) is 0 Å². The summed E-state index contributed by atoms with van der Waals surface area (Å²) in [5.41, 5.74) is 0.150. The Hall–Kier alpha value is -2.40. The number of methoxy groups -OCH3 is 1. The topological polar surface area (TPSA) is 68.2 Å². The summed E-state index contributed by atoms with van der Waals surface area (Å²) in [7, 11) is 1.59. The molecule has 0 saturated carbocycles. The molecule has 0 amide bonds. The predicted molar refractivity (Wildman–Crippen MR) is 73.9 cm³/mol. The second kappa shape index (κ2) is 4.05. The number of fused-ring (bicyclic) bond motifs is 5. The number of phenolic OH excluding ortho intramolecular Hbond substituents is 1. The van der Waals surface area contributed by atoms with Crippen LogP contribution in [0, 0.1) is 0 Å². The molecule has 0 fully saturated rings. The van der Waals surface area contributed by atoms with Gasteiger partial charge in [-0.1, -0.05) is 0 Å². The molecule has 2 aromatic carbocycles. The molecule has 5 nitrogen and oxygen atoms in total. The van der Waals surface area contributed by atoms with E-state index in [9.17, 15) is 10.2 Å². The Balaban J connectivity index is 1.84. The van der Waals surface area contributed by atoms with Crippen molar-refractivity contribution in [3.63, 3.8) is 0 Å². The van der Waals surface area contributed by atoms with Crippen LogP contribution in [0.3, 0.4) is 0 Å². The maximum atomic E-state index is 11.0. The van der Waals surface area contributed by atoms with Gasteiger partial charge in [-0.15, -0.1) is 0 Å². The molecule has 0 saturated heterocycles. The number of hydrogen-bond acceptors (Lipinski definition) is 5. The van der Waals surface area contributed by atoms with Crippen molar-refractivity contribution in [3.8, 4) is 23.0 Å². The highest BCUT2D eigenvalue weighted by Crippen LogP contribution is 2.54. The second-order valence-corrected chi connectivity index (χ2v) is 5.30. The first-order chi connectivity index (χ1) is 10.1. The molecule has 2 aromatic rings. The van der Waals surface area contributed by atoms with Crippen LogP contribution in [-0.4, -0.2) is 23.9 Å². The van der Waals surface area contributed by atoms with E-state index in [-0.39, 0.29) is 12.4 Å². The standard InChI is InChI=1S/C16H14O5/c1-19-10-3-4-11-13(7-10)20-8-16(18)12-5-2-9(17)6-14(12)21-15(11)16/h2-7,15,17-18H,8H2,1H3/t15-,16+/m1/s1. The zero-order chi connectivity index (χ0) is 14.6. The summed E-state index contributed by atoms with van der Waals surface area (Å²) in [4.78, 5) is 0. The van der Waals surface area contributed by atoms with E-state index in [1.165, 1.54) is 12.1 Å². The van der Waals surface area contributed by atoms with Crippen LogP contribution < -0.4 is 14.2 Å². The van der Waals surface area contributed by atoms with Crippen molar-refractivity contribution in [2.24, 2.45) is 0 Å². The first-order valence-electron chi connectivity index (χ1n) is 6.65. The monoisotopic (exact) mass is 286 g/mol. The van der Waals surface area contributed by atoms with Gasteiger partial charge in [0.25, 0.3) is 0 Å². The third-order valence-corrected chi connectivity index (χ3v) is 4.06. The van der Waals surface area contributed by atoms with E-state index in [1.54, 1.807) is 25.3 Å². The fourth-order valence-electron chi connectivity index (χ4n) is 2.98. The van der Waals surface area contributed by atoms with Crippen LogP contribution >= 0.6 is 0 Å². The summed E-state index contributed by atoms with van der Waals surface area (Å²) in [6.45, 7) is 0.0929. The lowest BCUT2D eigenvalue weighted by Gasteiger charge is -2.34. The third kappa shape index (κ3) is 1.61. The normalized spacial score (nSPS) is 25.1. The van der Waals surface area contributed by atoms with Crippen LogP contribution in [0.1, 0.15) is 17.2 Å². The lowest BCUT2D eigenvalue weighted by molar-refractivity contribution is -0.0864. The highest BCUT2D eigenvalue weighted by Gasteiger charge is 2.52. The van der Waals surface area contributed by atoms with Crippen molar-refractivity contribution in [1.29, 1.82) is 0 Å². The molecule has 0 bridgehead atoms. The molecule has 5 heteroatoms. The number of benzene rings is 2. The Morgan fingerprint density at radius 3 is 2.86 bits per heavy atom. The second-order valence-electron chi connectivity index (χ2n) is 5.30. The molecular formula is C16H14O5. The Labute approximate surface area is 121 Å². The first-order valence-corrected chi connectivity index (χ1v) is 6.65. The molecule has 2 N–H and O–H groups in total. The molecule has 2 aliphatic rings. The van der Waals surface area contributed by atoms with Gasteiger partial charge in [0.1, 0.15) is 29.6 Å². The van der Waals surface area contributed by atoms with Crippen molar-refractivity contribution in [2.75, 3.05) is 13.7 Å². The number of hydrogen-bond donors (Lipinski definition) is 2. The Kier molecular flexibility index (Phi) is 2.38. The van der Waals surface area contributed by atoms with Gasteiger partial charge in [0.05, 0.1) is 7.11 Å². The molecular weight excluding hydrogens is 272 g/mol. The van der Waals surface area contributed by atoms with Gasteiger partial charge in [-0.05, 0) is 24.3 Å². The SMILES string of the molecule is COc1ccc2c(c1)OC[C@]1(O)c3ccc(O)cc3O[C@H]21. The molecule has 21 heavy (non-hydrogen) atoms. The fourth-order valence-corrected chi connectivity index (χ4v) is 2.98. The van der Waals surface area contributed by atoms with E-state index in [1.807, 2.05) is 6.07 Å². The molecule has 0 unspecified atom stereocenters. The van der Waals surface area contributed by atoms with Gasteiger partial charge in [-0.2, -0.15) is 0 Å². The van der Waals surface area contributed by atoms with Crippen molar-refractivity contribution >= 4 is 0 Å². The average molecular weight is 286 g/mol. The van der Waals surface area contributed by atoms with Crippen LogP contribution in [-0.2, 0) is 5.60 Å². The van der Waals surface area contributed by atoms with Crippen molar-refractivity contribution < 1.29 is 24.4 Å². The first kappa shape index (κ1) is 12.3. The quantitative estimate of drug-likeness (QED) is 0.840. The zero-order valence-electron chi connectivity index (χ0n) is 11.4. The fraction of sp³-hybridized carbons (Fsp3) is 0.250. The van der Waals surface area contributed by atoms with Crippen LogP contribution in [0.2, 0.25) is 0 Å². The molecule has 108 valence electrons. The van der Waals surface area contributed by atoms with Gasteiger partial charge < -0.3 is 24.4 Å². The van der Waals surface area contributed by atoms with Gasteiger partial charge in [0.2, 0.25) is 0 Å². The number of ether oxygens (including phenoxy) is 3. The molecule has 2 aliphatic heterocycles. The summed E-state index contributed by atoms with van der Waals surface area (Å²) in [6, 6.07) is 10.1. The largest absolute Gasteiger partial charge is 0.508 e. The molecule has 0 radical (unpaired) electrons. The van der Waals surface area contributed by atoms with Crippen LogP contribution in [0.5, 0.6) is 23.0 Å². The highest BCUT2D eigenvalue weighted by molar-refractivity contribution is 5.53. The maximum absolute atomic E-state index is 11.0. The Morgan fingerprint density at radius 1 is 1.19 bits per heavy atom. The van der Waals surface area contributed by atoms with E-state index in [4.69, 9.17) is 14.2 Å².